The van der Waals surface area contributed by atoms with Crippen molar-refractivity contribution in [1.82, 2.24) is 9.13 Å². The van der Waals surface area contributed by atoms with Crippen LogP contribution in [0.15, 0.2) is 29.1 Å². The number of benzene rings is 1. The van der Waals surface area contributed by atoms with Crippen LogP contribution in [0.25, 0.3) is 11.0 Å². The number of fused-ring (bicyclic) bond motifs is 1. The molecule has 2 N–H and O–H groups in total. The fourth-order valence-corrected chi connectivity index (χ4v) is 3.25. The molecule has 1 aromatic heterocycles. The Morgan fingerprint density at radius 3 is 2.42 bits per heavy atom. The molecule has 0 amide bonds. The predicted octanol–water partition coefficient (Wildman–Crippen LogP) is 2.27. The molecule has 3 rings (SSSR count). The zero-order valence-corrected chi connectivity index (χ0v) is 11.4. The lowest BCUT2D eigenvalue weighted by atomic mass is 9.91. The van der Waals surface area contributed by atoms with E-state index in [0.717, 1.165) is 43.3 Å². The number of aromatic nitrogens is 2. The standard InChI is InChI=1S/C15H21N3O/c1-2-17-13-5-3-4-6-14(13)18(15(17)19)12-9-7-11(16)8-10-12/h3-6,11-12H,2,7-10,16H2,1H3/t11-,12-. The Balaban J connectivity index is 2.13. The maximum Gasteiger partial charge on any atom is 0.329 e. The second-order valence-electron chi connectivity index (χ2n) is 5.45. The number of nitrogens with two attached hydrogens (primary N) is 1. The molecule has 0 unspecified atom stereocenters. The largest absolute Gasteiger partial charge is 0.329 e. The lowest BCUT2D eigenvalue weighted by molar-refractivity contribution is 0.321. The molecule has 1 aliphatic rings. The van der Waals surface area contributed by atoms with Gasteiger partial charge in [-0.05, 0) is 44.7 Å². The number of imidazole rings is 1. The van der Waals surface area contributed by atoms with Gasteiger partial charge >= 0.3 is 5.69 Å². The number of nitrogens with zero attached hydrogens (tertiary/aromatic N) is 2. The van der Waals surface area contributed by atoms with E-state index in [1.165, 1.54) is 0 Å². The first-order valence-electron chi connectivity index (χ1n) is 7.17. The number of aryl methyl sites for hydroxylation is 1. The molecule has 102 valence electrons. The molecule has 1 heterocycles. The Hall–Kier alpha value is -1.55. The number of hydrogen-bond donors (Lipinski definition) is 1. The van der Waals surface area contributed by atoms with Crippen LogP contribution >= 0.6 is 0 Å². The van der Waals surface area contributed by atoms with Crippen LogP contribution in [-0.4, -0.2) is 15.2 Å². The third kappa shape index (κ3) is 2.00. The zero-order chi connectivity index (χ0) is 13.4. The zero-order valence-electron chi connectivity index (χ0n) is 11.4. The molecule has 0 spiro atoms. The molecule has 1 fully saturated rings. The topological polar surface area (TPSA) is 53.0 Å². The molecule has 2 aromatic rings. The maximum absolute atomic E-state index is 12.6. The van der Waals surface area contributed by atoms with Crippen LogP contribution in [0.3, 0.4) is 0 Å². The highest BCUT2D eigenvalue weighted by Crippen LogP contribution is 2.29. The highest BCUT2D eigenvalue weighted by Gasteiger charge is 2.24. The quantitative estimate of drug-likeness (QED) is 0.899. The Labute approximate surface area is 112 Å². The summed E-state index contributed by atoms with van der Waals surface area (Å²) in [7, 11) is 0. The van der Waals surface area contributed by atoms with Crippen LogP contribution in [0.5, 0.6) is 0 Å². The molecule has 0 aliphatic heterocycles. The van der Waals surface area contributed by atoms with Crippen molar-refractivity contribution in [2.75, 3.05) is 0 Å². The minimum Gasteiger partial charge on any atom is -0.328 e. The lowest BCUT2D eigenvalue weighted by Crippen LogP contribution is -2.33. The molecule has 1 saturated carbocycles. The van der Waals surface area contributed by atoms with Crippen molar-refractivity contribution in [3.8, 4) is 0 Å². The molecule has 4 nitrogen and oxygen atoms in total. The van der Waals surface area contributed by atoms with E-state index >= 15 is 0 Å². The summed E-state index contributed by atoms with van der Waals surface area (Å²) >= 11 is 0. The van der Waals surface area contributed by atoms with Crippen molar-refractivity contribution in [3.05, 3.63) is 34.7 Å². The normalized spacial score (nSPS) is 23.9. The van der Waals surface area contributed by atoms with Gasteiger partial charge in [0.05, 0.1) is 11.0 Å². The van der Waals surface area contributed by atoms with Gasteiger partial charge in [0, 0.05) is 18.6 Å². The van der Waals surface area contributed by atoms with Gasteiger partial charge in [0.15, 0.2) is 0 Å². The van der Waals surface area contributed by atoms with Crippen molar-refractivity contribution >= 4 is 11.0 Å². The molecule has 4 heteroatoms. The number of para-hydroxylation sites is 2. The minimum absolute atomic E-state index is 0.129. The van der Waals surface area contributed by atoms with Crippen molar-refractivity contribution < 1.29 is 0 Å². The third-order valence-corrected chi connectivity index (χ3v) is 4.29. The van der Waals surface area contributed by atoms with Gasteiger partial charge in [-0.15, -0.1) is 0 Å². The van der Waals surface area contributed by atoms with Crippen molar-refractivity contribution in [1.29, 1.82) is 0 Å². The first-order valence-corrected chi connectivity index (χ1v) is 7.17. The Bertz CT molecular complexity index is 632. The molecule has 1 aromatic carbocycles. The van der Waals surface area contributed by atoms with E-state index in [1.54, 1.807) is 0 Å². The summed E-state index contributed by atoms with van der Waals surface area (Å²) in [6, 6.07) is 8.71. The van der Waals surface area contributed by atoms with E-state index in [0.29, 0.717) is 12.1 Å². The average Bonchev–Trinajstić information content (AvgIpc) is 2.71. The lowest BCUT2D eigenvalue weighted by Gasteiger charge is -2.27. The summed E-state index contributed by atoms with van der Waals surface area (Å²) in [6.07, 6.45) is 4.06. The fourth-order valence-electron chi connectivity index (χ4n) is 3.25. The van der Waals surface area contributed by atoms with Crippen molar-refractivity contribution in [2.24, 2.45) is 5.73 Å². The molecule has 0 saturated heterocycles. The molecule has 0 atom stereocenters. The molecule has 0 radical (unpaired) electrons. The van der Waals surface area contributed by atoms with E-state index in [2.05, 4.69) is 6.07 Å². The highest BCUT2D eigenvalue weighted by molar-refractivity contribution is 5.76. The summed E-state index contributed by atoms with van der Waals surface area (Å²) in [5.74, 6) is 0. The van der Waals surface area contributed by atoms with Gasteiger partial charge in [0.25, 0.3) is 0 Å². The minimum atomic E-state index is 0.129. The third-order valence-electron chi connectivity index (χ3n) is 4.29. The maximum atomic E-state index is 12.6. The van der Waals surface area contributed by atoms with E-state index in [-0.39, 0.29) is 5.69 Å². The summed E-state index contributed by atoms with van der Waals surface area (Å²) in [5, 5.41) is 0. The van der Waals surface area contributed by atoms with Gasteiger partial charge in [0.2, 0.25) is 0 Å². The van der Waals surface area contributed by atoms with Gasteiger partial charge in [-0.25, -0.2) is 4.79 Å². The monoisotopic (exact) mass is 259 g/mol. The van der Waals surface area contributed by atoms with E-state index in [9.17, 15) is 4.79 Å². The van der Waals surface area contributed by atoms with E-state index < -0.39 is 0 Å². The second kappa shape index (κ2) is 4.85. The average molecular weight is 259 g/mol. The van der Waals surface area contributed by atoms with E-state index in [1.807, 2.05) is 34.3 Å². The fraction of sp³-hybridized carbons (Fsp3) is 0.533. The Morgan fingerprint density at radius 1 is 1.16 bits per heavy atom. The van der Waals surface area contributed by atoms with E-state index in [4.69, 9.17) is 5.73 Å². The van der Waals surface area contributed by atoms with Gasteiger partial charge in [-0.1, -0.05) is 12.1 Å². The summed E-state index contributed by atoms with van der Waals surface area (Å²) < 4.78 is 3.86. The first kappa shape index (κ1) is 12.5. The summed E-state index contributed by atoms with van der Waals surface area (Å²) in [6.45, 7) is 2.74. The van der Waals surface area contributed by atoms with Crippen LogP contribution in [-0.2, 0) is 6.54 Å². The molecule has 19 heavy (non-hydrogen) atoms. The smallest absolute Gasteiger partial charge is 0.328 e. The SMILES string of the molecule is CCn1c(=O)n([C@H]2CC[C@H](N)CC2)c2ccccc21. The van der Waals surface area contributed by atoms with Crippen molar-refractivity contribution in [2.45, 2.75) is 51.2 Å². The Kier molecular flexibility index (Phi) is 3.19. The van der Waals surface area contributed by atoms with Gasteiger partial charge in [0.1, 0.15) is 0 Å². The second-order valence-corrected chi connectivity index (χ2v) is 5.45. The van der Waals surface area contributed by atoms with Gasteiger partial charge in [-0.3, -0.25) is 9.13 Å². The molecule has 1 aliphatic carbocycles. The van der Waals surface area contributed by atoms with Crippen LogP contribution < -0.4 is 11.4 Å². The summed E-state index contributed by atoms with van der Waals surface area (Å²) in [5.41, 5.74) is 8.20. The van der Waals surface area contributed by atoms with Crippen molar-refractivity contribution in [3.63, 3.8) is 0 Å². The van der Waals surface area contributed by atoms with Crippen LogP contribution in [0.1, 0.15) is 38.6 Å². The number of hydrogen-bond acceptors (Lipinski definition) is 2. The summed E-state index contributed by atoms with van der Waals surface area (Å²) in [4.78, 5) is 12.6. The number of rotatable bonds is 2. The predicted molar refractivity (Wildman–Crippen MR) is 77.4 cm³/mol. The van der Waals surface area contributed by atoms with Gasteiger partial charge in [-0.2, -0.15) is 0 Å². The molecular weight excluding hydrogens is 238 g/mol. The van der Waals surface area contributed by atoms with Gasteiger partial charge < -0.3 is 5.73 Å². The first-order chi connectivity index (χ1) is 9.22. The van der Waals surface area contributed by atoms with Crippen LogP contribution in [0.2, 0.25) is 0 Å². The molecule has 0 bridgehead atoms. The molecular formula is C15H21N3O. The Morgan fingerprint density at radius 2 is 1.79 bits per heavy atom. The van der Waals surface area contributed by atoms with Crippen LogP contribution in [0.4, 0.5) is 0 Å². The van der Waals surface area contributed by atoms with Crippen LogP contribution in [0, 0.1) is 0 Å². The highest BCUT2D eigenvalue weighted by atomic mass is 16.1.